The van der Waals surface area contributed by atoms with E-state index in [4.69, 9.17) is 9.47 Å². The summed E-state index contributed by atoms with van der Waals surface area (Å²) in [6.45, 7) is 5.01. The minimum Gasteiger partial charge on any atom is -0.463 e. The number of ether oxygens (including phenoxy) is 2. The first-order valence-electron chi connectivity index (χ1n) is 12.4. The first-order valence-corrected chi connectivity index (χ1v) is 12.4. The zero-order valence-electron chi connectivity index (χ0n) is 21.8. The summed E-state index contributed by atoms with van der Waals surface area (Å²) in [5.41, 5.74) is 0.699. The van der Waals surface area contributed by atoms with Gasteiger partial charge >= 0.3 is 11.9 Å². The molecule has 0 saturated carbocycles. The first-order chi connectivity index (χ1) is 18.2. The van der Waals surface area contributed by atoms with Crippen molar-refractivity contribution in [1.82, 2.24) is 4.57 Å². The van der Waals surface area contributed by atoms with Crippen LogP contribution in [0.2, 0.25) is 0 Å². The third-order valence-electron chi connectivity index (χ3n) is 6.35. The summed E-state index contributed by atoms with van der Waals surface area (Å²) in [7, 11) is 1.76. The summed E-state index contributed by atoms with van der Waals surface area (Å²) in [6, 6.07) is 21.3. The van der Waals surface area contributed by atoms with Gasteiger partial charge in [0, 0.05) is 34.6 Å². The highest BCUT2D eigenvalue weighted by molar-refractivity contribution is 6.12. The van der Waals surface area contributed by atoms with Crippen molar-refractivity contribution in [2.45, 2.75) is 26.4 Å². The number of esters is 2. The van der Waals surface area contributed by atoms with Gasteiger partial charge in [0.05, 0.1) is 24.6 Å². The van der Waals surface area contributed by atoms with Crippen molar-refractivity contribution in [3.05, 3.63) is 89.5 Å². The number of fused-ring (bicyclic) bond motifs is 1. The number of anilines is 1. The SMILES string of the molecule is CCOC(=O)C(O)(C(=O)OCC)c1c(-c2ccccc2NC(=O)c2ccc(C)cc2)n(C)c2ccccc12. The molecule has 2 N–H and O–H groups in total. The van der Waals surface area contributed by atoms with Crippen LogP contribution in [0.4, 0.5) is 5.69 Å². The van der Waals surface area contributed by atoms with E-state index in [1.807, 2.05) is 31.2 Å². The number of amides is 1. The second-order valence-electron chi connectivity index (χ2n) is 8.82. The number of rotatable bonds is 8. The maximum Gasteiger partial charge on any atom is 0.355 e. The Kier molecular flexibility index (Phi) is 7.64. The molecule has 0 aliphatic heterocycles. The Morgan fingerprint density at radius 2 is 1.45 bits per heavy atom. The quantitative estimate of drug-likeness (QED) is 0.260. The van der Waals surface area contributed by atoms with Crippen molar-refractivity contribution >= 4 is 34.4 Å². The first kappa shape index (κ1) is 26.6. The molecule has 1 amide bonds. The Bertz CT molecular complexity index is 1490. The molecular formula is C30H30N2O6. The van der Waals surface area contributed by atoms with Crippen LogP contribution in [0.5, 0.6) is 0 Å². The van der Waals surface area contributed by atoms with Gasteiger partial charge in [0.15, 0.2) is 0 Å². The molecule has 0 spiro atoms. The zero-order valence-corrected chi connectivity index (χ0v) is 21.8. The topological polar surface area (TPSA) is 107 Å². The number of hydrogen-bond donors (Lipinski definition) is 2. The minimum absolute atomic E-state index is 0.0181. The number of nitrogens with zero attached hydrogens (tertiary/aromatic N) is 1. The maximum absolute atomic E-state index is 13.2. The number of nitrogens with one attached hydrogen (secondary N) is 1. The fourth-order valence-corrected chi connectivity index (χ4v) is 4.53. The molecule has 0 saturated heterocycles. The Hall–Kier alpha value is -4.43. The van der Waals surface area contributed by atoms with Gasteiger partial charge in [-0.3, -0.25) is 4.79 Å². The molecule has 0 aliphatic rings. The van der Waals surface area contributed by atoms with Gasteiger partial charge in [-0.25, -0.2) is 9.59 Å². The van der Waals surface area contributed by atoms with Crippen molar-refractivity contribution in [1.29, 1.82) is 0 Å². The molecule has 0 radical (unpaired) electrons. The fourth-order valence-electron chi connectivity index (χ4n) is 4.53. The van der Waals surface area contributed by atoms with Gasteiger partial charge in [-0.15, -0.1) is 0 Å². The lowest BCUT2D eigenvalue weighted by molar-refractivity contribution is -0.184. The molecule has 0 aliphatic carbocycles. The Morgan fingerprint density at radius 1 is 0.868 bits per heavy atom. The Balaban J connectivity index is 1.97. The second-order valence-corrected chi connectivity index (χ2v) is 8.82. The number of aryl methyl sites for hydroxylation is 2. The van der Waals surface area contributed by atoms with E-state index in [-0.39, 0.29) is 24.7 Å². The van der Waals surface area contributed by atoms with Crippen LogP contribution < -0.4 is 5.32 Å². The van der Waals surface area contributed by atoms with Crippen LogP contribution in [0, 0.1) is 6.92 Å². The molecule has 1 aromatic heterocycles. The normalized spacial score (nSPS) is 11.3. The number of aromatic nitrogens is 1. The van der Waals surface area contributed by atoms with Crippen molar-refractivity contribution in [3.8, 4) is 11.3 Å². The average molecular weight is 515 g/mol. The molecule has 3 aromatic carbocycles. The number of carbonyl (C=O) groups excluding carboxylic acids is 3. The molecule has 0 bridgehead atoms. The highest BCUT2D eigenvalue weighted by Crippen LogP contribution is 2.43. The van der Waals surface area contributed by atoms with Crippen LogP contribution in [0.15, 0.2) is 72.8 Å². The third kappa shape index (κ3) is 4.66. The van der Waals surface area contributed by atoms with E-state index in [1.54, 1.807) is 74.0 Å². The van der Waals surface area contributed by atoms with Crippen molar-refractivity contribution in [3.63, 3.8) is 0 Å². The number of para-hydroxylation sites is 2. The van der Waals surface area contributed by atoms with Crippen LogP contribution in [0.1, 0.15) is 35.3 Å². The Morgan fingerprint density at radius 3 is 2.08 bits per heavy atom. The van der Waals surface area contributed by atoms with E-state index in [1.165, 1.54) is 0 Å². The van der Waals surface area contributed by atoms with Crippen molar-refractivity contribution in [2.24, 2.45) is 7.05 Å². The highest BCUT2D eigenvalue weighted by atomic mass is 16.6. The van der Waals surface area contributed by atoms with E-state index >= 15 is 0 Å². The van der Waals surface area contributed by atoms with Gasteiger partial charge < -0.3 is 24.5 Å². The van der Waals surface area contributed by atoms with Crippen LogP contribution in [-0.2, 0) is 31.7 Å². The molecule has 0 unspecified atom stereocenters. The molecular weight excluding hydrogens is 484 g/mol. The fraction of sp³-hybridized carbons (Fsp3) is 0.233. The molecule has 196 valence electrons. The van der Waals surface area contributed by atoms with Gasteiger partial charge in [-0.1, -0.05) is 54.1 Å². The van der Waals surface area contributed by atoms with Gasteiger partial charge in [0.2, 0.25) is 0 Å². The molecule has 8 heteroatoms. The van der Waals surface area contributed by atoms with E-state index in [9.17, 15) is 19.5 Å². The lowest BCUT2D eigenvalue weighted by Gasteiger charge is -2.26. The molecule has 4 rings (SSSR count). The van der Waals surface area contributed by atoms with Crippen LogP contribution in [0.25, 0.3) is 22.2 Å². The average Bonchev–Trinajstić information content (AvgIpc) is 3.21. The van der Waals surface area contributed by atoms with Gasteiger partial charge in [0.1, 0.15) is 0 Å². The molecule has 4 aromatic rings. The summed E-state index contributed by atoms with van der Waals surface area (Å²) in [5, 5.41) is 15.3. The third-order valence-corrected chi connectivity index (χ3v) is 6.35. The standard InChI is InChI=1S/C30H30N2O6/c1-5-37-28(34)30(36,29(35)38-6-2)25-22-12-8-10-14-24(22)32(4)26(25)21-11-7-9-13-23(21)31-27(33)20-17-15-19(3)16-18-20/h7-18,36H,5-6H2,1-4H3,(H,31,33). The largest absolute Gasteiger partial charge is 0.463 e. The summed E-state index contributed by atoms with van der Waals surface area (Å²) in [5.74, 6) is -2.61. The summed E-state index contributed by atoms with van der Waals surface area (Å²) >= 11 is 0. The number of aliphatic hydroxyl groups is 1. The summed E-state index contributed by atoms with van der Waals surface area (Å²) in [4.78, 5) is 39.6. The monoisotopic (exact) mass is 514 g/mol. The van der Waals surface area contributed by atoms with E-state index in [2.05, 4.69) is 5.32 Å². The highest BCUT2D eigenvalue weighted by Gasteiger charge is 2.53. The van der Waals surface area contributed by atoms with Gasteiger partial charge in [-0.2, -0.15) is 0 Å². The van der Waals surface area contributed by atoms with Gasteiger partial charge in [-0.05, 0) is 45.0 Å². The summed E-state index contributed by atoms with van der Waals surface area (Å²) in [6.07, 6.45) is 0. The second kappa shape index (κ2) is 10.9. The van der Waals surface area contributed by atoms with Crippen molar-refractivity contribution < 1.29 is 29.0 Å². The molecule has 1 heterocycles. The number of hydrogen-bond acceptors (Lipinski definition) is 6. The van der Waals surface area contributed by atoms with E-state index < -0.39 is 17.5 Å². The van der Waals surface area contributed by atoms with Crippen LogP contribution in [-0.4, -0.2) is 40.7 Å². The van der Waals surface area contributed by atoms with Crippen LogP contribution >= 0.6 is 0 Å². The minimum atomic E-state index is -2.75. The van der Waals surface area contributed by atoms with Crippen LogP contribution in [0.3, 0.4) is 0 Å². The van der Waals surface area contributed by atoms with Crippen molar-refractivity contribution in [2.75, 3.05) is 18.5 Å². The van der Waals surface area contributed by atoms with E-state index in [0.717, 1.165) is 5.56 Å². The number of benzene rings is 3. The molecule has 38 heavy (non-hydrogen) atoms. The molecule has 0 atom stereocenters. The summed E-state index contributed by atoms with van der Waals surface area (Å²) < 4.78 is 12.1. The van der Waals surface area contributed by atoms with E-state index in [0.29, 0.717) is 33.4 Å². The maximum atomic E-state index is 13.2. The predicted octanol–water partition coefficient (Wildman–Crippen LogP) is 4.72. The molecule has 8 nitrogen and oxygen atoms in total. The smallest absolute Gasteiger partial charge is 0.355 e. The molecule has 0 fully saturated rings. The predicted molar refractivity (Wildman–Crippen MR) is 145 cm³/mol. The lowest BCUT2D eigenvalue weighted by Crippen LogP contribution is -2.46. The lowest BCUT2D eigenvalue weighted by atomic mass is 9.88. The number of carbonyl (C=O) groups is 3. The zero-order chi connectivity index (χ0) is 27.4. The van der Waals surface area contributed by atoms with Gasteiger partial charge in [0.25, 0.3) is 11.5 Å². The Labute approximate surface area is 220 Å².